The molecule has 16 N–H and O–H groups in total. The number of benzene rings is 6. The molecular formula is C60H62O24. The van der Waals surface area contributed by atoms with E-state index in [2.05, 4.69) is 0 Å². The number of phenols is 4. The zero-order valence-corrected chi connectivity index (χ0v) is 44.1. The lowest BCUT2D eigenvalue weighted by Gasteiger charge is -2.39. The number of aliphatic hydroxyl groups is 12. The zero-order valence-electron chi connectivity index (χ0n) is 44.1. The molecule has 0 aromatic heterocycles. The van der Waals surface area contributed by atoms with Gasteiger partial charge < -0.3 is 120 Å². The molecule has 3 fully saturated rings. The number of aliphatic hydroxyl groups excluding tert-OH is 12. The van der Waals surface area contributed by atoms with E-state index >= 15 is 0 Å². The summed E-state index contributed by atoms with van der Waals surface area (Å²) in [5.41, 5.74) is 3.57. The van der Waals surface area contributed by atoms with Crippen LogP contribution in [0.3, 0.4) is 0 Å². The monoisotopic (exact) mass is 1170 g/mol. The molecule has 5 aliphatic heterocycles. The quantitative estimate of drug-likeness (QED) is 0.0631. The number of rotatable bonds is 15. The highest BCUT2D eigenvalue weighted by molar-refractivity contribution is 5.73. The van der Waals surface area contributed by atoms with Crippen molar-refractivity contribution in [2.24, 2.45) is 0 Å². The molecule has 11 rings (SSSR count). The van der Waals surface area contributed by atoms with Crippen LogP contribution in [0, 0.1) is 0 Å². The van der Waals surface area contributed by atoms with Gasteiger partial charge in [0.25, 0.3) is 0 Å². The molecule has 0 unspecified atom stereocenters. The Balaban J connectivity index is 0.913. The van der Waals surface area contributed by atoms with Gasteiger partial charge in [0.2, 0.25) is 18.9 Å². The first-order chi connectivity index (χ1) is 40.3. The van der Waals surface area contributed by atoms with Gasteiger partial charge in [-0.1, -0.05) is 48.6 Å². The molecule has 0 saturated carbocycles. The fourth-order valence-corrected chi connectivity index (χ4v) is 11.3. The van der Waals surface area contributed by atoms with Gasteiger partial charge in [-0.25, -0.2) is 0 Å². The maximum atomic E-state index is 12.3. The van der Waals surface area contributed by atoms with E-state index in [4.69, 9.17) is 37.9 Å². The molecule has 84 heavy (non-hydrogen) atoms. The lowest BCUT2D eigenvalue weighted by Crippen LogP contribution is -2.60. The third-order valence-electron chi connectivity index (χ3n) is 15.7. The van der Waals surface area contributed by atoms with Crippen LogP contribution in [0.1, 0.15) is 68.6 Å². The molecule has 24 heteroatoms. The van der Waals surface area contributed by atoms with Crippen molar-refractivity contribution in [3.8, 4) is 51.7 Å². The van der Waals surface area contributed by atoms with E-state index in [-0.39, 0.29) is 57.3 Å². The Hall–Kier alpha value is -7.34. The minimum absolute atomic E-state index is 0.157. The third-order valence-corrected chi connectivity index (χ3v) is 15.7. The van der Waals surface area contributed by atoms with Gasteiger partial charge in [0, 0.05) is 17.2 Å². The van der Waals surface area contributed by atoms with E-state index in [9.17, 15) is 81.7 Å². The summed E-state index contributed by atoms with van der Waals surface area (Å²) >= 11 is 0. The van der Waals surface area contributed by atoms with Crippen LogP contribution >= 0.6 is 0 Å². The second-order valence-electron chi connectivity index (χ2n) is 21.2. The number of hydrogen-bond donors (Lipinski definition) is 16. The fraction of sp³-hybridized carbons (Fsp3) is 0.367. The molecule has 446 valence electrons. The molecular weight excluding hydrogens is 1100 g/mol. The molecule has 19 atom stereocenters. The fourth-order valence-electron chi connectivity index (χ4n) is 11.3. The summed E-state index contributed by atoms with van der Waals surface area (Å²) in [7, 11) is 0. The first-order valence-corrected chi connectivity index (χ1v) is 26.8. The van der Waals surface area contributed by atoms with E-state index in [0.29, 0.717) is 38.9 Å². The number of fused-ring (bicyclic) bond motifs is 2. The maximum Gasteiger partial charge on any atom is 0.229 e. The van der Waals surface area contributed by atoms with Crippen LogP contribution in [-0.2, 0) is 14.2 Å². The van der Waals surface area contributed by atoms with Gasteiger partial charge in [0.05, 0.1) is 31.7 Å². The number of aromatic hydroxyl groups is 4. The first-order valence-electron chi connectivity index (χ1n) is 26.8. The van der Waals surface area contributed by atoms with Crippen molar-refractivity contribution < 1.29 is 120 Å². The second kappa shape index (κ2) is 24.0. The first kappa shape index (κ1) is 58.4. The molecule has 0 spiro atoms. The van der Waals surface area contributed by atoms with Crippen molar-refractivity contribution in [2.45, 2.75) is 116 Å². The van der Waals surface area contributed by atoms with Gasteiger partial charge in [-0.05, 0) is 106 Å². The Bertz CT molecular complexity index is 3280. The van der Waals surface area contributed by atoms with E-state index < -0.39 is 136 Å². The van der Waals surface area contributed by atoms with Crippen molar-refractivity contribution in [1.29, 1.82) is 0 Å². The van der Waals surface area contributed by atoms with Crippen LogP contribution in [0.5, 0.6) is 51.7 Å². The highest BCUT2D eigenvalue weighted by Crippen LogP contribution is 2.59. The van der Waals surface area contributed by atoms with Crippen LogP contribution in [0.15, 0.2) is 115 Å². The molecule has 0 bridgehead atoms. The largest absolute Gasteiger partial charge is 0.508 e. The average Bonchev–Trinajstić information content (AvgIpc) is 2.81. The standard InChI is InChI=1S/C60H62O24/c61-22-40-47(68)50(71)53(74)58(82-40)77-33-9-3-25(4-10-33)1-2-26-15-36(66)45-38(16-26)80-57(28-7-13-35(14-8-28)79-60-55(76)52(73)49(70)42(24-63)84-60)44(45)30-19-37(67)46-39(20-30)81-56(43(46)29-17-31(64)21-32(65)18-29)27-5-11-34(12-6-27)78-59-54(75)51(72)48(69)41(23-62)83-59/h1-21,40-44,47-76H,22-24H2/b2-1+/t40-,41-,42-,43-,44-,47-,48-,49-,50+,51+,52+,53-,54-,55-,56+,57+,58-,59-,60-/m1/s1. The summed E-state index contributed by atoms with van der Waals surface area (Å²) in [6.45, 7) is -1.96. The van der Waals surface area contributed by atoms with Crippen molar-refractivity contribution >= 4 is 12.2 Å². The minimum Gasteiger partial charge on any atom is -0.508 e. The van der Waals surface area contributed by atoms with E-state index in [1.807, 2.05) is 0 Å². The predicted molar refractivity (Wildman–Crippen MR) is 288 cm³/mol. The number of hydrogen-bond acceptors (Lipinski definition) is 24. The smallest absolute Gasteiger partial charge is 0.229 e. The Morgan fingerprint density at radius 2 is 0.714 bits per heavy atom. The normalized spacial score (nSPS) is 32.7. The van der Waals surface area contributed by atoms with Crippen LogP contribution < -0.4 is 23.7 Å². The summed E-state index contributed by atoms with van der Waals surface area (Å²) in [5.74, 6) is -1.76. The van der Waals surface area contributed by atoms with Gasteiger partial charge in [-0.3, -0.25) is 0 Å². The molecule has 3 saturated heterocycles. The van der Waals surface area contributed by atoms with Crippen LogP contribution in [0.2, 0.25) is 0 Å². The topological polar surface area (TPSA) is 398 Å². The number of phenolic OH excluding ortho intramolecular Hbond substituents is 4. The van der Waals surface area contributed by atoms with Gasteiger partial charge >= 0.3 is 0 Å². The predicted octanol–water partition coefficient (Wildman–Crippen LogP) is 0.747. The Morgan fingerprint density at radius 3 is 1.12 bits per heavy atom. The van der Waals surface area contributed by atoms with Crippen molar-refractivity contribution in [1.82, 2.24) is 0 Å². The molecule has 5 aliphatic rings. The minimum atomic E-state index is -1.69. The van der Waals surface area contributed by atoms with Gasteiger partial charge in [-0.2, -0.15) is 0 Å². The zero-order chi connectivity index (χ0) is 59.4. The summed E-state index contributed by atoms with van der Waals surface area (Å²) < 4.78 is 47.5. The lowest BCUT2D eigenvalue weighted by atomic mass is 9.81. The van der Waals surface area contributed by atoms with Crippen LogP contribution in [-0.4, -0.2) is 194 Å². The highest BCUT2D eigenvalue weighted by atomic mass is 16.7. The van der Waals surface area contributed by atoms with Gasteiger partial charge in [0.15, 0.2) is 0 Å². The summed E-state index contributed by atoms with van der Waals surface area (Å²) in [6.07, 6.45) is -21.1. The van der Waals surface area contributed by atoms with Crippen molar-refractivity contribution in [3.63, 3.8) is 0 Å². The van der Waals surface area contributed by atoms with Crippen molar-refractivity contribution in [3.05, 3.63) is 160 Å². The Morgan fingerprint density at radius 1 is 0.357 bits per heavy atom. The second-order valence-corrected chi connectivity index (χ2v) is 21.2. The lowest BCUT2D eigenvalue weighted by molar-refractivity contribution is -0.277. The molecule has 24 nitrogen and oxygen atoms in total. The third kappa shape index (κ3) is 11.3. The maximum absolute atomic E-state index is 12.3. The van der Waals surface area contributed by atoms with E-state index in [1.165, 1.54) is 48.5 Å². The summed E-state index contributed by atoms with van der Waals surface area (Å²) in [5, 5.41) is 168. The van der Waals surface area contributed by atoms with Gasteiger partial charge in [-0.15, -0.1) is 0 Å². The average molecular weight is 1170 g/mol. The Kier molecular flexibility index (Phi) is 16.7. The highest BCUT2D eigenvalue weighted by Gasteiger charge is 2.49. The Labute approximate surface area is 477 Å². The van der Waals surface area contributed by atoms with E-state index in [1.54, 1.807) is 72.8 Å². The summed E-state index contributed by atoms with van der Waals surface area (Å²) in [6, 6.07) is 29.6. The SMILES string of the molecule is OC[C@H]1O[C@@H](Oc2ccc(/C=C/c3cc(O)c4c(c3)O[C@@H](c3ccc(O[C@@H]5O[C@H](CO)[C@@H](O)[C@H](O)[C@H]5O)cc3)[C@@H]4c3cc(O)c4c(c3)O[C@@H](c3ccc(O[C@@H]5O[C@H](CO)[C@@H](O)[C@H](O)[C@H]5O)cc3)[C@@H]4c3cc(O)cc(O)c3)cc2)[C@H](O)[C@@H](O)[C@@H]1O. The van der Waals surface area contributed by atoms with Crippen LogP contribution in [0.4, 0.5) is 0 Å². The summed E-state index contributed by atoms with van der Waals surface area (Å²) in [4.78, 5) is 0. The van der Waals surface area contributed by atoms with E-state index in [0.717, 1.165) is 6.07 Å². The molecule has 0 amide bonds. The van der Waals surface area contributed by atoms with Crippen molar-refractivity contribution in [2.75, 3.05) is 19.8 Å². The molecule has 0 radical (unpaired) electrons. The van der Waals surface area contributed by atoms with Crippen LogP contribution in [0.25, 0.3) is 12.2 Å². The van der Waals surface area contributed by atoms with Gasteiger partial charge in [0.1, 0.15) is 137 Å². The number of ether oxygens (including phenoxy) is 8. The molecule has 6 aromatic carbocycles. The molecule has 5 heterocycles. The molecule has 0 aliphatic carbocycles. The molecule has 6 aromatic rings.